The second-order valence-electron chi connectivity index (χ2n) is 8.44. The monoisotopic (exact) mass is 388 g/mol. The van der Waals surface area contributed by atoms with Crippen molar-refractivity contribution in [2.75, 3.05) is 26.8 Å². The van der Waals surface area contributed by atoms with Crippen LogP contribution in [0.4, 0.5) is 0 Å². The molecule has 1 aromatic heterocycles. The minimum Gasteiger partial charge on any atom is -0.497 e. The maximum atomic E-state index is 12.5. The minimum absolute atomic E-state index is 0.181. The van der Waals surface area contributed by atoms with E-state index < -0.39 is 0 Å². The molecule has 154 valence electrons. The van der Waals surface area contributed by atoms with E-state index in [0.29, 0.717) is 11.7 Å². The van der Waals surface area contributed by atoms with Gasteiger partial charge in [-0.15, -0.1) is 0 Å². The number of benzene rings is 1. The third-order valence-electron chi connectivity index (χ3n) is 6.82. The van der Waals surface area contributed by atoms with E-state index in [2.05, 4.69) is 18.7 Å². The van der Waals surface area contributed by atoms with Gasteiger partial charge in [0.2, 0.25) is 0 Å². The molecular formula is C22H32N2O4. The van der Waals surface area contributed by atoms with Gasteiger partial charge in [0, 0.05) is 37.3 Å². The fourth-order valence-electron chi connectivity index (χ4n) is 5.08. The largest absolute Gasteiger partial charge is 0.497 e. The summed E-state index contributed by atoms with van der Waals surface area (Å²) < 4.78 is 18.5. The molecule has 1 aliphatic heterocycles. The van der Waals surface area contributed by atoms with Gasteiger partial charge >= 0.3 is 5.76 Å². The van der Waals surface area contributed by atoms with Crippen LogP contribution in [0.5, 0.6) is 5.75 Å². The van der Waals surface area contributed by atoms with Crippen LogP contribution in [0.2, 0.25) is 0 Å². The summed E-state index contributed by atoms with van der Waals surface area (Å²) in [7, 11) is 1.64. The van der Waals surface area contributed by atoms with Crippen LogP contribution in [0.15, 0.2) is 27.4 Å². The average Bonchev–Trinajstić information content (AvgIpc) is 3.05. The van der Waals surface area contributed by atoms with Crippen molar-refractivity contribution >= 4 is 11.1 Å². The molecule has 1 aliphatic carbocycles. The molecule has 1 aromatic carbocycles. The summed E-state index contributed by atoms with van der Waals surface area (Å²) in [5.74, 6) is 0.489. The molecule has 4 rings (SSSR count). The molecule has 0 amide bonds. The lowest BCUT2D eigenvalue weighted by atomic mass is 9.79. The number of fused-ring (bicyclic) bond motifs is 1. The molecule has 2 fully saturated rings. The van der Waals surface area contributed by atoms with Crippen molar-refractivity contribution in [3.8, 4) is 5.75 Å². The highest BCUT2D eigenvalue weighted by Gasteiger charge is 2.38. The van der Waals surface area contributed by atoms with Crippen molar-refractivity contribution in [1.29, 1.82) is 0 Å². The maximum Gasteiger partial charge on any atom is 0.420 e. The summed E-state index contributed by atoms with van der Waals surface area (Å²) >= 11 is 0. The van der Waals surface area contributed by atoms with Gasteiger partial charge in [0.25, 0.3) is 0 Å². The van der Waals surface area contributed by atoms with Gasteiger partial charge in [-0.3, -0.25) is 9.47 Å². The molecule has 0 radical (unpaired) electrons. The molecule has 1 saturated heterocycles. The third kappa shape index (κ3) is 3.60. The Bertz CT molecular complexity index is 855. The highest BCUT2D eigenvalue weighted by Crippen LogP contribution is 2.38. The van der Waals surface area contributed by atoms with E-state index in [-0.39, 0.29) is 17.3 Å². The lowest BCUT2D eigenvalue weighted by Crippen LogP contribution is -2.52. The third-order valence-corrected chi connectivity index (χ3v) is 6.82. The Morgan fingerprint density at radius 3 is 2.54 bits per heavy atom. The zero-order valence-corrected chi connectivity index (χ0v) is 17.3. The second kappa shape index (κ2) is 7.91. The molecule has 2 aromatic rings. The van der Waals surface area contributed by atoms with E-state index in [9.17, 15) is 4.79 Å². The van der Waals surface area contributed by atoms with Gasteiger partial charge in [-0.25, -0.2) is 4.79 Å². The highest BCUT2D eigenvalue weighted by atomic mass is 16.5. The van der Waals surface area contributed by atoms with Gasteiger partial charge in [-0.2, -0.15) is 0 Å². The summed E-state index contributed by atoms with van der Waals surface area (Å²) in [6, 6.07) is 5.74. The van der Waals surface area contributed by atoms with Crippen LogP contribution in [0, 0.1) is 0 Å². The van der Waals surface area contributed by atoms with Crippen LogP contribution in [-0.2, 0) is 4.74 Å². The topological polar surface area (TPSA) is 56.8 Å². The van der Waals surface area contributed by atoms with Crippen LogP contribution in [0.25, 0.3) is 11.1 Å². The van der Waals surface area contributed by atoms with Crippen molar-refractivity contribution in [3.05, 3.63) is 28.7 Å². The van der Waals surface area contributed by atoms with Gasteiger partial charge in [0.1, 0.15) is 5.75 Å². The Morgan fingerprint density at radius 1 is 1.18 bits per heavy atom. The summed E-state index contributed by atoms with van der Waals surface area (Å²) in [5, 5.41) is 0. The number of oxazole rings is 1. The summed E-state index contributed by atoms with van der Waals surface area (Å²) in [4.78, 5) is 15.1. The first kappa shape index (κ1) is 19.5. The van der Waals surface area contributed by atoms with E-state index in [1.54, 1.807) is 7.11 Å². The molecule has 0 spiro atoms. The number of rotatable bonds is 5. The maximum absolute atomic E-state index is 12.5. The van der Waals surface area contributed by atoms with Crippen LogP contribution in [0.3, 0.4) is 0 Å². The molecule has 0 unspecified atom stereocenters. The number of methoxy groups -OCH3 is 1. The Kier molecular flexibility index (Phi) is 5.52. The number of nitrogens with zero attached hydrogens (tertiary/aromatic N) is 2. The van der Waals surface area contributed by atoms with Crippen molar-refractivity contribution < 1.29 is 13.9 Å². The number of hydrogen-bond donors (Lipinski definition) is 0. The molecule has 0 N–H and O–H groups in total. The lowest BCUT2D eigenvalue weighted by Gasteiger charge is -2.48. The van der Waals surface area contributed by atoms with Gasteiger partial charge in [-0.05, 0) is 64.5 Å². The Morgan fingerprint density at radius 2 is 1.89 bits per heavy atom. The fourth-order valence-corrected chi connectivity index (χ4v) is 5.08. The predicted octanol–water partition coefficient (Wildman–Crippen LogP) is 3.98. The van der Waals surface area contributed by atoms with E-state index in [4.69, 9.17) is 13.9 Å². The first-order chi connectivity index (χ1) is 13.5. The minimum atomic E-state index is -0.259. The number of aromatic nitrogens is 1. The molecule has 2 heterocycles. The zero-order valence-electron chi connectivity index (χ0n) is 17.3. The number of piperidine rings is 1. The van der Waals surface area contributed by atoms with Gasteiger partial charge in [-0.1, -0.05) is 0 Å². The first-order valence-electron chi connectivity index (χ1n) is 10.6. The van der Waals surface area contributed by atoms with Crippen molar-refractivity contribution in [3.63, 3.8) is 0 Å². The number of likely N-dealkylation sites (tertiary alicyclic amines) is 1. The summed E-state index contributed by atoms with van der Waals surface area (Å²) in [5.41, 5.74) is 1.73. The van der Waals surface area contributed by atoms with Gasteiger partial charge in [0.15, 0.2) is 5.58 Å². The predicted molar refractivity (Wildman–Crippen MR) is 109 cm³/mol. The second-order valence-corrected chi connectivity index (χ2v) is 8.44. The van der Waals surface area contributed by atoms with E-state index >= 15 is 0 Å². The normalized spacial score (nSPS) is 27.3. The molecular weight excluding hydrogens is 356 g/mol. The Hall–Kier alpha value is -1.79. The van der Waals surface area contributed by atoms with Gasteiger partial charge < -0.3 is 13.9 Å². The molecule has 2 aliphatic rings. The molecule has 0 atom stereocenters. The standard InChI is InChI=1S/C22H32N2O4/c1-4-27-17-7-11-22(2,12-8-17)23-13-9-16(10-14-23)24-19-15-18(26-3)5-6-20(19)28-21(24)25/h5-6,15-17H,4,7-14H2,1-3H3. The molecule has 6 nitrogen and oxygen atoms in total. The lowest BCUT2D eigenvalue weighted by molar-refractivity contribution is -0.0274. The molecule has 28 heavy (non-hydrogen) atoms. The molecule has 1 saturated carbocycles. The van der Waals surface area contributed by atoms with Gasteiger partial charge in [0.05, 0.1) is 18.7 Å². The highest BCUT2D eigenvalue weighted by molar-refractivity contribution is 5.75. The fraction of sp³-hybridized carbons (Fsp3) is 0.682. The zero-order chi connectivity index (χ0) is 19.7. The van der Waals surface area contributed by atoms with Crippen molar-refractivity contribution in [2.45, 2.75) is 70.1 Å². The Balaban J connectivity index is 1.45. The van der Waals surface area contributed by atoms with Crippen LogP contribution in [0.1, 0.15) is 58.4 Å². The van der Waals surface area contributed by atoms with Crippen LogP contribution < -0.4 is 10.5 Å². The van der Waals surface area contributed by atoms with E-state index in [0.717, 1.165) is 56.6 Å². The Labute approximate surface area is 166 Å². The summed E-state index contributed by atoms with van der Waals surface area (Å²) in [6.45, 7) is 7.33. The number of hydrogen-bond acceptors (Lipinski definition) is 5. The first-order valence-corrected chi connectivity index (χ1v) is 10.6. The summed E-state index contributed by atoms with van der Waals surface area (Å²) in [6.07, 6.45) is 7.04. The quantitative estimate of drug-likeness (QED) is 0.775. The van der Waals surface area contributed by atoms with Crippen molar-refractivity contribution in [2.24, 2.45) is 0 Å². The van der Waals surface area contributed by atoms with E-state index in [1.807, 2.05) is 22.8 Å². The molecule has 0 bridgehead atoms. The van der Waals surface area contributed by atoms with Crippen LogP contribution >= 0.6 is 0 Å². The SMILES string of the molecule is CCOC1CCC(C)(N2CCC(n3c(=O)oc4ccc(OC)cc43)CC2)CC1. The van der Waals surface area contributed by atoms with Crippen molar-refractivity contribution in [1.82, 2.24) is 9.47 Å². The number of ether oxygens (including phenoxy) is 2. The average molecular weight is 389 g/mol. The van der Waals surface area contributed by atoms with Crippen LogP contribution in [-0.4, -0.2) is 47.9 Å². The smallest absolute Gasteiger partial charge is 0.420 e. The molecule has 6 heteroatoms. The van der Waals surface area contributed by atoms with E-state index in [1.165, 1.54) is 12.8 Å².